The first kappa shape index (κ1) is 8.79. The second-order valence-corrected chi connectivity index (χ2v) is 3.47. The molecule has 0 bridgehead atoms. The van der Waals surface area contributed by atoms with E-state index in [0.717, 1.165) is 18.5 Å². The molecule has 1 N–H and O–H groups in total. The summed E-state index contributed by atoms with van der Waals surface area (Å²) in [5.74, 6) is 0.917. The predicted molar refractivity (Wildman–Crippen MR) is 49.6 cm³/mol. The molecule has 0 saturated heterocycles. The number of hydrogen-bond donors (Lipinski definition) is 1. The highest BCUT2D eigenvalue weighted by atomic mass is 14.9. The van der Waals surface area contributed by atoms with Gasteiger partial charge in [-0.15, -0.1) is 0 Å². The predicted octanol–water partition coefficient (Wildman–Crippen LogP) is 2.34. The van der Waals surface area contributed by atoms with Gasteiger partial charge in [-0.25, -0.2) is 0 Å². The zero-order valence-electron chi connectivity index (χ0n) is 7.64. The molecule has 64 valence electrons. The summed E-state index contributed by atoms with van der Waals surface area (Å²) in [6.45, 7) is 5.56. The van der Waals surface area contributed by atoms with Gasteiger partial charge in [0.2, 0.25) is 0 Å². The molecule has 0 aliphatic heterocycles. The van der Waals surface area contributed by atoms with E-state index in [0.29, 0.717) is 0 Å². The standard InChI is InChI=1S/C10H19N/c1-3-4-5-8-11-10-7-6-9(10)2/h3-4,9-11H,5-8H2,1-2H3/b4-3+. The average Bonchev–Trinajstić information content (AvgIpc) is 2.02. The molecule has 1 nitrogen and oxygen atoms in total. The van der Waals surface area contributed by atoms with Crippen LogP contribution in [-0.4, -0.2) is 12.6 Å². The van der Waals surface area contributed by atoms with Gasteiger partial charge in [0.25, 0.3) is 0 Å². The molecule has 0 spiro atoms. The van der Waals surface area contributed by atoms with E-state index in [1.165, 1.54) is 19.3 Å². The number of hydrogen-bond acceptors (Lipinski definition) is 1. The molecule has 11 heavy (non-hydrogen) atoms. The van der Waals surface area contributed by atoms with E-state index >= 15 is 0 Å². The van der Waals surface area contributed by atoms with Crippen molar-refractivity contribution in [1.29, 1.82) is 0 Å². The molecule has 2 atom stereocenters. The lowest BCUT2D eigenvalue weighted by atomic mass is 9.81. The number of rotatable bonds is 4. The van der Waals surface area contributed by atoms with Crippen molar-refractivity contribution in [1.82, 2.24) is 5.32 Å². The zero-order chi connectivity index (χ0) is 8.10. The third-order valence-electron chi connectivity index (χ3n) is 2.57. The van der Waals surface area contributed by atoms with Gasteiger partial charge < -0.3 is 5.32 Å². The zero-order valence-corrected chi connectivity index (χ0v) is 7.64. The summed E-state index contributed by atoms with van der Waals surface area (Å²) in [7, 11) is 0. The van der Waals surface area contributed by atoms with Crippen molar-refractivity contribution >= 4 is 0 Å². The summed E-state index contributed by atoms with van der Waals surface area (Å²) in [4.78, 5) is 0. The Balaban J connectivity index is 1.95. The first-order chi connectivity index (χ1) is 5.34. The van der Waals surface area contributed by atoms with Crippen LogP contribution in [0.3, 0.4) is 0 Å². The van der Waals surface area contributed by atoms with E-state index < -0.39 is 0 Å². The quantitative estimate of drug-likeness (QED) is 0.483. The SMILES string of the molecule is C/C=C/CCNC1CCC1C. The molecule has 1 heteroatoms. The fourth-order valence-corrected chi connectivity index (χ4v) is 1.49. The van der Waals surface area contributed by atoms with E-state index in [9.17, 15) is 0 Å². The molecule has 1 aliphatic carbocycles. The minimum Gasteiger partial charge on any atom is -0.313 e. The lowest BCUT2D eigenvalue weighted by Gasteiger charge is -2.34. The van der Waals surface area contributed by atoms with Crippen LogP contribution in [0, 0.1) is 5.92 Å². The molecule has 2 unspecified atom stereocenters. The molecular weight excluding hydrogens is 134 g/mol. The second-order valence-electron chi connectivity index (χ2n) is 3.47. The maximum atomic E-state index is 3.55. The van der Waals surface area contributed by atoms with Gasteiger partial charge in [0.1, 0.15) is 0 Å². The highest BCUT2D eigenvalue weighted by molar-refractivity contribution is 4.85. The highest BCUT2D eigenvalue weighted by Gasteiger charge is 2.25. The normalized spacial score (nSPS) is 30.7. The molecule has 0 aromatic rings. The van der Waals surface area contributed by atoms with Gasteiger partial charge in [-0.1, -0.05) is 19.1 Å². The maximum Gasteiger partial charge on any atom is 0.00929 e. The third-order valence-corrected chi connectivity index (χ3v) is 2.57. The summed E-state index contributed by atoms with van der Waals surface area (Å²) in [5.41, 5.74) is 0. The van der Waals surface area contributed by atoms with E-state index in [1.807, 2.05) is 0 Å². The van der Waals surface area contributed by atoms with Crippen molar-refractivity contribution in [3.63, 3.8) is 0 Å². The van der Waals surface area contributed by atoms with Gasteiger partial charge >= 0.3 is 0 Å². The third kappa shape index (κ3) is 2.66. The lowest BCUT2D eigenvalue weighted by Crippen LogP contribution is -2.42. The minimum atomic E-state index is 0.820. The Morgan fingerprint density at radius 2 is 2.27 bits per heavy atom. The minimum absolute atomic E-state index is 0.820. The van der Waals surface area contributed by atoms with Crippen molar-refractivity contribution in [3.8, 4) is 0 Å². The molecular formula is C10H19N. The van der Waals surface area contributed by atoms with E-state index in [-0.39, 0.29) is 0 Å². The van der Waals surface area contributed by atoms with E-state index in [4.69, 9.17) is 0 Å². The molecule has 1 fully saturated rings. The van der Waals surface area contributed by atoms with Crippen LogP contribution in [-0.2, 0) is 0 Å². The maximum absolute atomic E-state index is 3.55. The average molecular weight is 153 g/mol. The van der Waals surface area contributed by atoms with Gasteiger partial charge in [-0.2, -0.15) is 0 Å². The molecule has 1 saturated carbocycles. The first-order valence-electron chi connectivity index (χ1n) is 4.69. The van der Waals surface area contributed by atoms with Gasteiger partial charge in [-0.05, 0) is 38.6 Å². The summed E-state index contributed by atoms with van der Waals surface area (Å²) in [6, 6.07) is 0.820. The molecule has 0 aromatic carbocycles. The van der Waals surface area contributed by atoms with Gasteiger partial charge in [0.05, 0.1) is 0 Å². The Morgan fingerprint density at radius 3 is 2.73 bits per heavy atom. The van der Waals surface area contributed by atoms with Gasteiger partial charge in [0.15, 0.2) is 0 Å². The van der Waals surface area contributed by atoms with Crippen molar-refractivity contribution in [2.45, 2.75) is 39.2 Å². The van der Waals surface area contributed by atoms with Crippen molar-refractivity contribution < 1.29 is 0 Å². The molecule has 1 rings (SSSR count). The largest absolute Gasteiger partial charge is 0.313 e. The molecule has 0 aromatic heterocycles. The summed E-state index contributed by atoms with van der Waals surface area (Å²) in [6.07, 6.45) is 8.32. The molecule has 1 aliphatic rings. The van der Waals surface area contributed by atoms with Crippen LogP contribution in [0.15, 0.2) is 12.2 Å². The van der Waals surface area contributed by atoms with Crippen molar-refractivity contribution in [2.24, 2.45) is 5.92 Å². The van der Waals surface area contributed by atoms with Crippen LogP contribution < -0.4 is 5.32 Å². The van der Waals surface area contributed by atoms with Crippen LogP contribution >= 0.6 is 0 Å². The Hall–Kier alpha value is -0.300. The van der Waals surface area contributed by atoms with Crippen molar-refractivity contribution in [2.75, 3.05) is 6.54 Å². The summed E-state index contributed by atoms with van der Waals surface area (Å²) >= 11 is 0. The van der Waals surface area contributed by atoms with Gasteiger partial charge in [-0.3, -0.25) is 0 Å². The summed E-state index contributed by atoms with van der Waals surface area (Å²) in [5, 5.41) is 3.55. The van der Waals surface area contributed by atoms with Gasteiger partial charge in [0, 0.05) is 6.04 Å². The number of allylic oxidation sites excluding steroid dienone is 1. The van der Waals surface area contributed by atoms with Crippen LogP contribution in [0.1, 0.15) is 33.1 Å². The fraction of sp³-hybridized carbons (Fsp3) is 0.800. The lowest BCUT2D eigenvalue weighted by molar-refractivity contribution is 0.231. The Labute approximate surface area is 69.9 Å². The van der Waals surface area contributed by atoms with Crippen LogP contribution in [0.4, 0.5) is 0 Å². The smallest absolute Gasteiger partial charge is 0.00929 e. The molecule has 0 amide bonds. The van der Waals surface area contributed by atoms with Crippen LogP contribution in [0.5, 0.6) is 0 Å². The Kier molecular flexibility index (Phi) is 3.64. The highest BCUT2D eigenvalue weighted by Crippen LogP contribution is 2.26. The second kappa shape index (κ2) is 4.55. The topological polar surface area (TPSA) is 12.0 Å². The van der Waals surface area contributed by atoms with E-state index in [2.05, 4.69) is 31.3 Å². The van der Waals surface area contributed by atoms with Crippen LogP contribution in [0.25, 0.3) is 0 Å². The fourth-order valence-electron chi connectivity index (χ4n) is 1.49. The van der Waals surface area contributed by atoms with Crippen LogP contribution in [0.2, 0.25) is 0 Å². The molecule has 0 heterocycles. The molecule has 0 radical (unpaired) electrons. The Morgan fingerprint density at radius 1 is 1.45 bits per heavy atom. The van der Waals surface area contributed by atoms with E-state index in [1.54, 1.807) is 0 Å². The first-order valence-corrected chi connectivity index (χ1v) is 4.69. The Bertz CT molecular complexity index is 129. The van der Waals surface area contributed by atoms with Crippen molar-refractivity contribution in [3.05, 3.63) is 12.2 Å². The number of nitrogens with one attached hydrogen (secondary N) is 1. The summed E-state index contributed by atoms with van der Waals surface area (Å²) < 4.78 is 0. The monoisotopic (exact) mass is 153 g/mol.